The first-order valence-electron chi connectivity index (χ1n) is 9.69. The van der Waals surface area contributed by atoms with E-state index in [2.05, 4.69) is 14.4 Å². The summed E-state index contributed by atoms with van der Waals surface area (Å²) in [5, 5.41) is 4.74. The summed E-state index contributed by atoms with van der Waals surface area (Å²) >= 11 is 0. The smallest absolute Gasteiger partial charge is 0.241 e. The number of benzene rings is 1. The van der Waals surface area contributed by atoms with Gasteiger partial charge in [-0.25, -0.2) is 13.1 Å². The summed E-state index contributed by atoms with van der Waals surface area (Å²) in [5.41, 5.74) is 2.71. The molecule has 1 aromatic carbocycles. The molecule has 7 nitrogen and oxygen atoms in total. The van der Waals surface area contributed by atoms with Crippen LogP contribution in [0.4, 0.5) is 0 Å². The van der Waals surface area contributed by atoms with Crippen molar-refractivity contribution in [2.45, 2.75) is 43.2 Å². The first kappa shape index (κ1) is 19.6. The van der Waals surface area contributed by atoms with Gasteiger partial charge in [0.15, 0.2) is 0 Å². The summed E-state index contributed by atoms with van der Waals surface area (Å²) in [6.45, 7) is 0.122. The molecule has 1 saturated carbocycles. The number of nitrogens with zero attached hydrogens (tertiary/aromatic N) is 3. The van der Waals surface area contributed by atoms with Crippen LogP contribution in [0.15, 0.2) is 59.8 Å². The van der Waals surface area contributed by atoms with E-state index in [1.54, 1.807) is 30.6 Å². The lowest BCUT2D eigenvalue weighted by Gasteiger charge is -2.14. The quantitative estimate of drug-likeness (QED) is 0.641. The second-order valence-electron chi connectivity index (χ2n) is 7.14. The Kier molecular flexibility index (Phi) is 5.64. The van der Waals surface area contributed by atoms with Gasteiger partial charge in [-0.15, -0.1) is 0 Å². The van der Waals surface area contributed by atoms with Gasteiger partial charge < -0.3 is 4.74 Å². The molecule has 3 aromatic rings. The van der Waals surface area contributed by atoms with Crippen molar-refractivity contribution in [2.75, 3.05) is 7.11 Å². The number of hydrogen-bond acceptors (Lipinski definition) is 5. The van der Waals surface area contributed by atoms with Crippen LogP contribution in [0.5, 0.6) is 5.75 Å². The van der Waals surface area contributed by atoms with Crippen LogP contribution < -0.4 is 9.46 Å². The zero-order chi connectivity index (χ0) is 20.3. The topological polar surface area (TPSA) is 86.1 Å². The first-order chi connectivity index (χ1) is 14.1. The Bertz CT molecular complexity index is 1070. The van der Waals surface area contributed by atoms with Gasteiger partial charge in [-0.05, 0) is 43.2 Å². The molecule has 1 N–H and O–H groups in total. The van der Waals surface area contributed by atoms with E-state index in [1.807, 2.05) is 18.2 Å². The van der Waals surface area contributed by atoms with Crippen LogP contribution in [-0.4, -0.2) is 30.3 Å². The number of nitrogens with one attached hydrogen (secondary N) is 1. The average molecular weight is 413 g/mol. The third-order valence-corrected chi connectivity index (χ3v) is 6.63. The highest BCUT2D eigenvalue weighted by atomic mass is 32.2. The molecule has 0 amide bonds. The van der Waals surface area contributed by atoms with Crippen molar-refractivity contribution in [3.05, 3.63) is 60.6 Å². The molecule has 0 atom stereocenters. The van der Waals surface area contributed by atoms with E-state index in [4.69, 9.17) is 9.84 Å². The lowest BCUT2D eigenvalue weighted by Crippen LogP contribution is -2.23. The predicted molar refractivity (Wildman–Crippen MR) is 110 cm³/mol. The van der Waals surface area contributed by atoms with Crippen molar-refractivity contribution in [3.8, 4) is 17.0 Å². The minimum absolute atomic E-state index is 0.122. The van der Waals surface area contributed by atoms with Crippen LogP contribution in [0.25, 0.3) is 11.3 Å². The number of ether oxygens (including phenoxy) is 1. The van der Waals surface area contributed by atoms with E-state index < -0.39 is 10.0 Å². The third kappa shape index (κ3) is 4.33. The minimum Gasteiger partial charge on any atom is -0.497 e. The molecule has 0 radical (unpaired) electrons. The second kappa shape index (κ2) is 8.34. The monoisotopic (exact) mass is 412 g/mol. The molecule has 152 valence electrons. The molecular weight excluding hydrogens is 388 g/mol. The number of methoxy groups -OCH3 is 1. The van der Waals surface area contributed by atoms with E-state index in [9.17, 15) is 8.42 Å². The molecule has 1 aliphatic carbocycles. The Morgan fingerprint density at radius 1 is 1.14 bits per heavy atom. The number of sulfonamides is 1. The lowest BCUT2D eigenvalue weighted by molar-refractivity contribution is 0.413. The second-order valence-corrected chi connectivity index (χ2v) is 8.91. The van der Waals surface area contributed by atoms with E-state index >= 15 is 0 Å². The Morgan fingerprint density at radius 3 is 2.62 bits per heavy atom. The van der Waals surface area contributed by atoms with Gasteiger partial charge in [0.25, 0.3) is 0 Å². The SMILES string of the molecule is COc1cccc(S(=O)(=O)NCc2cc(-c3ccncc3)n(C3CCCC3)n2)c1. The number of hydrogen-bond donors (Lipinski definition) is 1. The zero-order valence-electron chi connectivity index (χ0n) is 16.3. The summed E-state index contributed by atoms with van der Waals surface area (Å²) < 4.78 is 35.2. The highest BCUT2D eigenvalue weighted by Gasteiger charge is 2.23. The standard InChI is InChI=1S/C21H24N4O3S/c1-28-19-7-4-8-20(14-19)29(26,27)23-15-17-13-21(16-9-11-22-12-10-16)25(24-17)18-5-2-3-6-18/h4,7-14,18,23H,2-3,5-6,15H2,1H3. The Balaban J connectivity index is 1.59. The van der Waals surface area contributed by atoms with Gasteiger partial charge in [0.2, 0.25) is 10.0 Å². The van der Waals surface area contributed by atoms with Crippen LogP contribution in [0, 0.1) is 0 Å². The molecule has 0 spiro atoms. The van der Waals surface area contributed by atoms with Gasteiger partial charge in [-0.1, -0.05) is 18.9 Å². The highest BCUT2D eigenvalue weighted by molar-refractivity contribution is 7.89. The molecule has 1 aliphatic rings. The van der Waals surface area contributed by atoms with Crippen LogP contribution in [0.2, 0.25) is 0 Å². The van der Waals surface area contributed by atoms with Crippen molar-refractivity contribution < 1.29 is 13.2 Å². The van der Waals surface area contributed by atoms with Gasteiger partial charge >= 0.3 is 0 Å². The molecule has 0 aliphatic heterocycles. The van der Waals surface area contributed by atoms with Crippen molar-refractivity contribution in [1.29, 1.82) is 0 Å². The van der Waals surface area contributed by atoms with Crippen molar-refractivity contribution in [1.82, 2.24) is 19.5 Å². The van der Waals surface area contributed by atoms with Gasteiger partial charge in [0.05, 0.1) is 36.0 Å². The van der Waals surface area contributed by atoms with Gasteiger partial charge in [0.1, 0.15) is 5.75 Å². The number of aromatic nitrogens is 3. The average Bonchev–Trinajstić information content (AvgIpc) is 3.43. The highest BCUT2D eigenvalue weighted by Crippen LogP contribution is 2.33. The molecule has 0 bridgehead atoms. The van der Waals surface area contributed by atoms with Gasteiger partial charge in [-0.2, -0.15) is 5.10 Å². The normalized spacial score (nSPS) is 14.9. The maximum absolute atomic E-state index is 12.7. The lowest BCUT2D eigenvalue weighted by atomic mass is 10.1. The first-order valence-corrected chi connectivity index (χ1v) is 11.2. The summed E-state index contributed by atoms with van der Waals surface area (Å²) in [4.78, 5) is 4.26. The molecular formula is C21H24N4O3S. The van der Waals surface area contributed by atoms with Crippen LogP contribution in [-0.2, 0) is 16.6 Å². The largest absolute Gasteiger partial charge is 0.497 e. The fourth-order valence-corrected chi connectivity index (χ4v) is 4.75. The van der Waals surface area contributed by atoms with Crippen molar-refractivity contribution >= 4 is 10.0 Å². The van der Waals surface area contributed by atoms with Crippen LogP contribution in [0.3, 0.4) is 0 Å². The molecule has 2 aromatic heterocycles. The fraction of sp³-hybridized carbons (Fsp3) is 0.333. The van der Waals surface area contributed by atoms with Gasteiger partial charge in [0, 0.05) is 24.0 Å². The molecule has 2 heterocycles. The molecule has 4 rings (SSSR count). The molecule has 1 fully saturated rings. The Hall–Kier alpha value is -2.71. The van der Waals surface area contributed by atoms with Gasteiger partial charge in [-0.3, -0.25) is 9.67 Å². The zero-order valence-corrected chi connectivity index (χ0v) is 17.1. The predicted octanol–water partition coefficient (Wildman–Crippen LogP) is 3.55. The molecule has 8 heteroatoms. The van der Waals surface area contributed by atoms with Crippen LogP contribution >= 0.6 is 0 Å². The third-order valence-electron chi connectivity index (χ3n) is 5.23. The summed E-state index contributed by atoms with van der Waals surface area (Å²) in [5.74, 6) is 0.498. The molecule has 0 saturated heterocycles. The van der Waals surface area contributed by atoms with Crippen LogP contribution in [0.1, 0.15) is 37.4 Å². The Morgan fingerprint density at radius 2 is 1.90 bits per heavy atom. The van der Waals surface area contributed by atoms with Crippen molar-refractivity contribution in [3.63, 3.8) is 0 Å². The molecule has 29 heavy (non-hydrogen) atoms. The van der Waals surface area contributed by atoms with Crippen molar-refractivity contribution in [2.24, 2.45) is 0 Å². The van der Waals surface area contributed by atoms with E-state index in [1.165, 1.54) is 26.0 Å². The summed E-state index contributed by atoms with van der Waals surface area (Å²) in [6, 6.07) is 12.6. The maximum atomic E-state index is 12.7. The number of pyridine rings is 1. The van der Waals surface area contributed by atoms with E-state index in [-0.39, 0.29) is 11.4 Å². The number of rotatable bonds is 7. The minimum atomic E-state index is -3.67. The molecule has 0 unspecified atom stereocenters. The fourth-order valence-electron chi connectivity index (χ4n) is 3.72. The van der Waals surface area contributed by atoms with E-state index in [0.29, 0.717) is 17.5 Å². The summed E-state index contributed by atoms with van der Waals surface area (Å²) in [7, 11) is -2.16. The van der Waals surface area contributed by atoms with E-state index in [0.717, 1.165) is 24.1 Å². The maximum Gasteiger partial charge on any atom is 0.241 e. The summed E-state index contributed by atoms with van der Waals surface area (Å²) in [6.07, 6.45) is 8.08. The Labute approximate surface area is 170 Å².